The molecule has 1 unspecified atom stereocenters. The van der Waals surface area contributed by atoms with Crippen LogP contribution in [0.4, 0.5) is 0 Å². The first kappa shape index (κ1) is 12.5. The van der Waals surface area contributed by atoms with Gasteiger partial charge < -0.3 is 5.32 Å². The maximum absolute atomic E-state index is 4.03. The number of rotatable bonds is 7. The average Bonchev–Trinajstić information content (AvgIpc) is 2.69. The second-order valence-corrected chi connectivity index (χ2v) is 4.96. The number of hydrogen-bond donors (Lipinski definition) is 1. The summed E-state index contributed by atoms with van der Waals surface area (Å²) < 4.78 is 0. The molecule has 1 N–H and O–H groups in total. The largest absolute Gasteiger partial charge is 0.311 e. The van der Waals surface area contributed by atoms with E-state index in [1.807, 2.05) is 11.3 Å². The molecule has 1 atom stereocenters. The zero-order chi connectivity index (χ0) is 11.1. The maximum atomic E-state index is 4.03. The van der Waals surface area contributed by atoms with E-state index in [1.54, 1.807) is 0 Å². The second-order valence-electron chi connectivity index (χ2n) is 3.93. The molecule has 0 spiro atoms. The molecule has 0 aliphatic carbocycles. The third-order valence-electron chi connectivity index (χ3n) is 2.54. The third kappa shape index (κ3) is 4.63. The average molecular weight is 223 g/mol. The Labute approximate surface area is 97.2 Å². The summed E-state index contributed by atoms with van der Waals surface area (Å²) in [6.07, 6.45) is 3.64. The third-order valence-corrected chi connectivity index (χ3v) is 3.48. The van der Waals surface area contributed by atoms with Crippen molar-refractivity contribution in [1.29, 1.82) is 0 Å². The van der Waals surface area contributed by atoms with Crippen molar-refractivity contribution < 1.29 is 0 Å². The van der Waals surface area contributed by atoms with Gasteiger partial charge in [0.15, 0.2) is 0 Å². The number of aryl methyl sites for hydroxylation is 1. The minimum atomic E-state index is 0.495. The second kappa shape index (κ2) is 6.81. The van der Waals surface area contributed by atoms with Crippen LogP contribution in [0, 0.1) is 0 Å². The lowest BCUT2D eigenvalue weighted by Gasteiger charge is -2.17. The predicted octanol–water partition coefficient (Wildman–Crippen LogP) is 3.63. The number of hydrogen-bond acceptors (Lipinski definition) is 2. The van der Waals surface area contributed by atoms with Gasteiger partial charge >= 0.3 is 0 Å². The molecule has 1 aromatic rings. The molecule has 0 radical (unpaired) electrons. The van der Waals surface area contributed by atoms with Crippen LogP contribution in [0.15, 0.2) is 29.7 Å². The molecule has 1 rings (SSSR count). The van der Waals surface area contributed by atoms with Crippen molar-refractivity contribution in [2.75, 3.05) is 6.54 Å². The minimum absolute atomic E-state index is 0.495. The molecule has 1 heterocycles. The Bertz CT molecular complexity index is 277. The highest BCUT2D eigenvalue weighted by Crippen LogP contribution is 2.14. The van der Waals surface area contributed by atoms with Crippen LogP contribution in [0.2, 0.25) is 0 Å². The molecule has 0 aromatic carbocycles. The van der Waals surface area contributed by atoms with Gasteiger partial charge in [-0.15, -0.1) is 11.3 Å². The summed E-state index contributed by atoms with van der Waals surface area (Å²) in [6, 6.07) is 4.84. The van der Waals surface area contributed by atoms with E-state index in [4.69, 9.17) is 0 Å². The SMILES string of the molecule is C=C(C)C(CCCc1cccs1)NCC. The lowest BCUT2D eigenvalue weighted by atomic mass is 10.0. The lowest BCUT2D eigenvalue weighted by molar-refractivity contribution is 0.533. The van der Waals surface area contributed by atoms with E-state index in [9.17, 15) is 0 Å². The first-order chi connectivity index (χ1) is 7.24. The van der Waals surface area contributed by atoms with Gasteiger partial charge in [0.05, 0.1) is 0 Å². The van der Waals surface area contributed by atoms with Crippen LogP contribution in [0.1, 0.15) is 31.6 Å². The highest BCUT2D eigenvalue weighted by Gasteiger charge is 2.07. The lowest BCUT2D eigenvalue weighted by Crippen LogP contribution is -2.29. The predicted molar refractivity (Wildman–Crippen MR) is 69.5 cm³/mol. The van der Waals surface area contributed by atoms with Crippen LogP contribution in [-0.2, 0) is 6.42 Å². The van der Waals surface area contributed by atoms with Gasteiger partial charge in [0, 0.05) is 10.9 Å². The highest BCUT2D eigenvalue weighted by molar-refractivity contribution is 7.09. The normalized spacial score (nSPS) is 12.7. The van der Waals surface area contributed by atoms with E-state index < -0.39 is 0 Å². The zero-order valence-electron chi connectivity index (χ0n) is 9.75. The van der Waals surface area contributed by atoms with Gasteiger partial charge in [-0.25, -0.2) is 0 Å². The topological polar surface area (TPSA) is 12.0 Å². The van der Waals surface area contributed by atoms with Gasteiger partial charge in [-0.05, 0) is 44.2 Å². The van der Waals surface area contributed by atoms with E-state index in [-0.39, 0.29) is 0 Å². The Kier molecular flexibility index (Phi) is 5.66. The van der Waals surface area contributed by atoms with Gasteiger partial charge in [-0.1, -0.05) is 25.1 Å². The molecule has 0 saturated heterocycles. The monoisotopic (exact) mass is 223 g/mol. The molecular formula is C13H21NS. The van der Waals surface area contributed by atoms with Gasteiger partial charge in [0.1, 0.15) is 0 Å². The van der Waals surface area contributed by atoms with E-state index >= 15 is 0 Å². The molecule has 0 aliphatic rings. The fourth-order valence-corrected chi connectivity index (χ4v) is 2.46. The number of thiophene rings is 1. The molecule has 84 valence electrons. The van der Waals surface area contributed by atoms with E-state index in [0.29, 0.717) is 6.04 Å². The molecule has 15 heavy (non-hydrogen) atoms. The first-order valence-corrected chi connectivity index (χ1v) is 6.53. The van der Waals surface area contributed by atoms with Crippen molar-refractivity contribution in [3.05, 3.63) is 34.5 Å². The summed E-state index contributed by atoms with van der Waals surface area (Å²) in [5.74, 6) is 0. The summed E-state index contributed by atoms with van der Waals surface area (Å²) >= 11 is 1.85. The summed E-state index contributed by atoms with van der Waals surface area (Å²) in [5, 5.41) is 5.61. The minimum Gasteiger partial charge on any atom is -0.311 e. The van der Waals surface area contributed by atoms with Crippen molar-refractivity contribution in [3.8, 4) is 0 Å². The first-order valence-electron chi connectivity index (χ1n) is 5.65. The Morgan fingerprint density at radius 1 is 1.60 bits per heavy atom. The van der Waals surface area contributed by atoms with E-state index in [0.717, 1.165) is 6.54 Å². The zero-order valence-corrected chi connectivity index (χ0v) is 10.6. The van der Waals surface area contributed by atoms with Crippen molar-refractivity contribution >= 4 is 11.3 Å². The van der Waals surface area contributed by atoms with Crippen LogP contribution >= 0.6 is 11.3 Å². The van der Waals surface area contributed by atoms with Gasteiger partial charge in [0.25, 0.3) is 0 Å². The summed E-state index contributed by atoms with van der Waals surface area (Å²) in [5.41, 5.74) is 1.25. The standard InChI is InChI=1S/C13H21NS/c1-4-14-13(11(2)3)9-5-7-12-8-6-10-15-12/h6,8,10,13-14H,2,4-5,7,9H2,1,3H3. The Hall–Kier alpha value is -0.600. The molecule has 2 heteroatoms. The van der Waals surface area contributed by atoms with Crippen LogP contribution < -0.4 is 5.32 Å². The molecule has 1 nitrogen and oxygen atoms in total. The van der Waals surface area contributed by atoms with Crippen molar-refractivity contribution in [2.24, 2.45) is 0 Å². The van der Waals surface area contributed by atoms with Crippen LogP contribution in [0.5, 0.6) is 0 Å². The molecule has 0 aliphatic heterocycles. The van der Waals surface area contributed by atoms with Crippen LogP contribution in [0.25, 0.3) is 0 Å². The molecule has 1 aromatic heterocycles. The number of likely N-dealkylation sites (N-methyl/N-ethyl adjacent to an activating group) is 1. The molecular weight excluding hydrogens is 202 g/mol. The van der Waals surface area contributed by atoms with Crippen molar-refractivity contribution in [1.82, 2.24) is 5.32 Å². The smallest absolute Gasteiger partial charge is 0.0274 e. The summed E-state index contributed by atoms with van der Waals surface area (Å²) in [4.78, 5) is 1.49. The quantitative estimate of drug-likeness (QED) is 0.696. The molecule has 0 fully saturated rings. The fraction of sp³-hybridized carbons (Fsp3) is 0.538. The summed E-state index contributed by atoms with van der Waals surface area (Å²) in [6.45, 7) is 9.31. The Morgan fingerprint density at radius 2 is 2.40 bits per heavy atom. The van der Waals surface area contributed by atoms with Crippen molar-refractivity contribution in [3.63, 3.8) is 0 Å². The Morgan fingerprint density at radius 3 is 2.93 bits per heavy atom. The fourth-order valence-electron chi connectivity index (χ4n) is 1.70. The molecule has 0 bridgehead atoms. The van der Waals surface area contributed by atoms with Crippen LogP contribution in [-0.4, -0.2) is 12.6 Å². The van der Waals surface area contributed by atoms with Gasteiger partial charge in [-0.3, -0.25) is 0 Å². The Balaban J connectivity index is 2.25. The maximum Gasteiger partial charge on any atom is 0.0274 e. The van der Waals surface area contributed by atoms with Crippen molar-refractivity contribution in [2.45, 2.75) is 39.2 Å². The highest BCUT2D eigenvalue weighted by atomic mass is 32.1. The summed E-state index contributed by atoms with van der Waals surface area (Å²) in [7, 11) is 0. The number of nitrogens with one attached hydrogen (secondary N) is 1. The van der Waals surface area contributed by atoms with Crippen LogP contribution in [0.3, 0.4) is 0 Å². The van der Waals surface area contributed by atoms with Gasteiger partial charge in [0.2, 0.25) is 0 Å². The van der Waals surface area contributed by atoms with E-state index in [1.165, 1.54) is 29.7 Å². The van der Waals surface area contributed by atoms with E-state index in [2.05, 4.69) is 43.3 Å². The molecule has 0 amide bonds. The van der Waals surface area contributed by atoms with Gasteiger partial charge in [-0.2, -0.15) is 0 Å². The molecule has 0 saturated carbocycles.